The Balaban J connectivity index is 1.31. The van der Waals surface area contributed by atoms with Crippen molar-refractivity contribution < 1.29 is 22.0 Å². The summed E-state index contributed by atoms with van der Waals surface area (Å²) in [5.74, 6) is -1.42. The monoisotopic (exact) mass is 398 g/mol. The van der Waals surface area contributed by atoms with Crippen molar-refractivity contribution in [1.29, 1.82) is 0 Å². The summed E-state index contributed by atoms with van der Waals surface area (Å²) in [5, 5.41) is 0. The molecule has 0 aromatic heterocycles. The second kappa shape index (κ2) is 7.13. The van der Waals surface area contributed by atoms with Crippen LogP contribution in [0.4, 0.5) is 8.78 Å². The Kier molecular flexibility index (Phi) is 4.96. The van der Waals surface area contributed by atoms with Crippen molar-refractivity contribution in [1.82, 2.24) is 9.80 Å². The van der Waals surface area contributed by atoms with Gasteiger partial charge in [-0.1, -0.05) is 6.07 Å². The Bertz CT molecular complexity index is 803. The summed E-state index contributed by atoms with van der Waals surface area (Å²) in [4.78, 5) is 16.7. The molecule has 2 saturated heterocycles. The SMILES string of the molecule is O=C([C@@H]1C[C@H]1c1c(F)cccc1F)N1CCC(N2CCS(=O)(=O)CC2)CC1. The third-order valence-electron chi connectivity index (χ3n) is 6.15. The van der Waals surface area contributed by atoms with E-state index in [1.54, 1.807) is 4.90 Å². The van der Waals surface area contributed by atoms with Crippen molar-refractivity contribution in [3.63, 3.8) is 0 Å². The molecule has 1 aromatic carbocycles. The van der Waals surface area contributed by atoms with Gasteiger partial charge in [0.05, 0.1) is 11.5 Å². The summed E-state index contributed by atoms with van der Waals surface area (Å²) in [5.41, 5.74) is 0.0419. The van der Waals surface area contributed by atoms with E-state index < -0.39 is 21.5 Å². The van der Waals surface area contributed by atoms with Crippen LogP contribution in [-0.2, 0) is 14.6 Å². The maximum atomic E-state index is 13.9. The van der Waals surface area contributed by atoms with Crippen LogP contribution in [0.25, 0.3) is 0 Å². The van der Waals surface area contributed by atoms with Crippen molar-refractivity contribution in [2.45, 2.75) is 31.2 Å². The molecule has 8 heteroatoms. The van der Waals surface area contributed by atoms with Crippen molar-refractivity contribution in [3.8, 4) is 0 Å². The van der Waals surface area contributed by atoms with Crippen molar-refractivity contribution in [2.75, 3.05) is 37.7 Å². The lowest BCUT2D eigenvalue weighted by molar-refractivity contribution is -0.134. The number of piperidine rings is 1. The normalized spacial score (nSPS) is 28.9. The van der Waals surface area contributed by atoms with Crippen LogP contribution < -0.4 is 0 Å². The molecule has 2 aliphatic heterocycles. The molecule has 0 radical (unpaired) electrons. The number of hydrogen-bond acceptors (Lipinski definition) is 4. The molecule has 0 spiro atoms. The number of halogens is 2. The van der Waals surface area contributed by atoms with Crippen LogP contribution >= 0.6 is 0 Å². The van der Waals surface area contributed by atoms with E-state index in [1.807, 2.05) is 0 Å². The second-order valence-corrected chi connectivity index (χ2v) is 10.1. The van der Waals surface area contributed by atoms with Gasteiger partial charge >= 0.3 is 0 Å². The first kappa shape index (κ1) is 18.8. The molecule has 1 aliphatic carbocycles. The molecule has 4 rings (SSSR count). The third-order valence-corrected chi connectivity index (χ3v) is 7.76. The Hall–Kier alpha value is -1.54. The molecule has 2 heterocycles. The lowest BCUT2D eigenvalue weighted by atomic mass is 10.0. The Morgan fingerprint density at radius 1 is 1.00 bits per heavy atom. The lowest BCUT2D eigenvalue weighted by Gasteiger charge is -2.40. The predicted octanol–water partition coefficient (Wildman–Crippen LogP) is 1.79. The summed E-state index contributed by atoms with van der Waals surface area (Å²) in [7, 11) is -2.89. The maximum absolute atomic E-state index is 13.9. The number of nitrogens with zero attached hydrogens (tertiary/aromatic N) is 2. The fourth-order valence-electron chi connectivity index (χ4n) is 4.43. The maximum Gasteiger partial charge on any atom is 0.226 e. The first-order chi connectivity index (χ1) is 12.9. The summed E-state index contributed by atoms with van der Waals surface area (Å²) < 4.78 is 51.0. The van der Waals surface area contributed by atoms with E-state index in [4.69, 9.17) is 0 Å². The third kappa shape index (κ3) is 3.87. The van der Waals surface area contributed by atoms with Gasteiger partial charge in [0.1, 0.15) is 11.6 Å². The summed E-state index contributed by atoms with van der Waals surface area (Å²) in [6, 6.07) is 4.12. The summed E-state index contributed by atoms with van der Waals surface area (Å²) >= 11 is 0. The molecule has 5 nitrogen and oxygen atoms in total. The van der Waals surface area contributed by atoms with Gasteiger partial charge in [-0.15, -0.1) is 0 Å². The highest BCUT2D eigenvalue weighted by atomic mass is 32.2. The molecule has 3 fully saturated rings. The number of sulfone groups is 1. The first-order valence-corrected chi connectivity index (χ1v) is 11.3. The van der Waals surface area contributed by atoms with Gasteiger partial charge < -0.3 is 4.90 Å². The highest BCUT2D eigenvalue weighted by Gasteiger charge is 2.48. The van der Waals surface area contributed by atoms with Gasteiger partial charge in [-0.25, -0.2) is 17.2 Å². The number of likely N-dealkylation sites (tertiary alicyclic amines) is 1. The molecular formula is C19H24F2N2O3S. The lowest BCUT2D eigenvalue weighted by Crippen LogP contribution is -2.51. The molecule has 2 atom stereocenters. The minimum absolute atomic E-state index is 0.0117. The van der Waals surface area contributed by atoms with Crippen LogP contribution in [0.1, 0.15) is 30.7 Å². The minimum atomic E-state index is -2.89. The highest BCUT2D eigenvalue weighted by molar-refractivity contribution is 7.91. The van der Waals surface area contributed by atoms with Crippen molar-refractivity contribution >= 4 is 15.7 Å². The van der Waals surface area contributed by atoms with Gasteiger partial charge in [0, 0.05) is 49.6 Å². The zero-order valence-corrected chi connectivity index (χ0v) is 15.9. The van der Waals surface area contributed by atoms with E-state index in [2.05, 4.69) is 4.90 Å². The van der Waals surface area contributed by atoms with E-state index in [0.29, 0.717) is 38.6 Å². The standard InChI is InChI=1S/C19H24F2N2O3S/c20-16-2-1-3-17(21)18(16)14-12-15(14)19(24)23-6-4-13(5-7-23)22-8-10-27(25,26)11-9-22/h1-3,13-15H,4-12H2/t14-,15-/m1/s1. The fourth-order valence-corrected chi connectivity index (χ4v) is 5.66. The van der Waals surface area contributed by atoms with E-state index in [9.17, 15) is 22.0 Å². The van der Waals surface area contributed by atoms with Crippen LogP contribution in [0.5, 0.6) is 0 Å². The molecule has 1 aromatic rings. The Morgan fingerprint density at radius 2 is 1.59 bits per heavy atom. The number of carbonyl (C=O) groups excluding carboxylic acids is 1. The van der Waals surface area contributed by atoms with Crippen LogP contribution in [0.2, 0.25) is 0 Å². The molecular weight excluding hydrogens is 374 g/mol. The van der Waals surface area contributed by atoms with E-state index >= 15 is 0 Å². The van der Waals surface area contributed by atoms with Gasteiger partial charge in [0.15, 0.2) is 9.84 Å². The number of amides is 1. The average Bonchev–Trinajstić information content (AvgIpc) is 3.41. The molecule has 0 bridgehead atoms. The molecule has 0 N–H and O–H groups in total. The average molecular weight is 398 g/mol. The largest absolute Gasteiger partial charge is 0.342 e. The fraction of sp³-hybridized carbons (Fsp3) is 0.632. The molecule has 0 unspecified atom stereocenters. The zero-order valence-electron chi connectivity index (χ0n) is 15.1. The van der Waals surface area contributed by atoms with Crippen LogP contribution in [0, 0.1) is 17.6 Å². The molecule has 148 valence electrons. The minimum Gasteiger partial charge on any atom is -0.342 e. The topological polar surface area (TPSA) is 57.7 Å². The van der Waals surface area contributed by atoms with E-state index in [1.165, 1.54) is 18.2 Å². The van der Waals surface area contributed by atoms with Gasteiger partial charge in [0.2, 0.25) is 5.91 Å². The van der Waals surface area contributed by atoms with Crippen LogP contribution in [0.15, 0.2) is 18.2 Å². The quantitative estimate of drug-likeness (QED) is 0.779. The van der Waals surface area contributed by atoms with E-state index in [0.717, 1.165) is 12.8 Å². The highest BCUT2D eigenvalue weighted by Crippen LogP contribution is 2.50. The zero-order chi connectivity index (χ0) is 19.2. The predicted molar refractivity (Wildman–Crippen MR) is 97.0 cm³/mol. The smallest absolute Gasteiger partial charge is 0.226 e. The molecule has 3 aliphatic rings. The summed E-state index contributed by atoms with van der Waals surface area (Å²) in [6.07, 6.45) is 2.13. The molecule has 1 saturated carbocycles. The number of rotatable bonds is 3. The number of benzene rings is 1. The molecule has 27 heavy (non-hydrogen) atoms. The number of carbonyl (C=O) groups is 1. The Morgan fingerprint density at radius 3 is 2.19 bits per heavy atom. The second-order valence-electron chi connectivity index (χ2n) is 7.83. The van der Waals surface area contributed by atoms with Crippen LogP contribution in [0.3, 0.4) is 0 Å². The number of hydrogen-bond donors (Lipinski definition) is 0. The van der Waals surface area contributed by atoms with Gasteiger partial charge in [0.25, 0.3) is 0 Å². The van der Waals surface area contributed by atoms with Crippen LogP contribution in [-0.4, -0.2) is 67.9 Å². The summed E-state index contributed by atoms with van der Waals surface area (Å²) in [6.45, 7) is 2.38. The van der Waals surface area contributed by atoms with Gasteiger partial charge in [-0.05, 0) is 31.4 Å². The van der Waals surface area contributed by atoms with Crippen molar-refractivity contribution in [2.24, 2.45) is 5.92 Å². The van der Waals surface area contributed by atoms with Crippen molar-refractivity contribution in [3.05, 3.63) is 35.4 Å². The first-order valence-electron chi connectivity index (χ1n) is 9.53. The van der Waals surface area contributed by atoms with Gasteiger partial charge in [-0.2, -0.15) is 0 Å². The molecule has 1 amide bonds. The van der Waals surface area contributed by atoms with Gasteiger partial charge in [-0.3, -0.25) is 9.69 Å². The Labute approximate surface area is 158 Å². The van der Waals surface area contributed by atoms with E-state index in [-0.39, 0.29) is 34.8 Å².